The van der Waals surface area contributed by atoms with Crippen LogP contribution < -0.4 is 10.6 Å². The second-order valence-electron chi connectivity index (χ2n) is 5.51. The van der Waals surface area contributed by atoms with Crippen molar-refractivity contribution in [1.82, 2.24) is 10.2 Å². The van der Waals surface area contributed by atoms with Gasteiger partial charge < -0.3 is 19.7 Å². The van der Waals surface area contributed by atoms with Gasteiger partial charge >= 0.3 is 5.97 Å². The van der Waals surface area contributed by atoms with Crippen molar-refractivity contribution < 1.29 is 23.9 Å². The number of ether oxygens (including phenoxy) is 2. The number of nitrogens with one attached hydrogen (secondary N) is 2. The molecule has 8 nitrogen and oxygen atoms in total. The van der Waals surface area contributed by atoms with E-state index in [1.165, 1.54) is 0 Å². The summed E-state index contributed by atoms with van der Waals surface area (Å²) in [5, 5.41) is 5.32. The molecule has 0 aromatic heterocycles. The van der Waals surface area contributed by atoms with Gasteiger partial charge in [-0.25, -0.2) is 4.79 Å². The highest BCUT2D eigenvalue weighted by atomic mass is 32.1. The molecule has 0 unspecified atom stereocenters. The highest BCUT2D eigenvalue weighted by molar-refractivity contribution is 7.80. The smallest absolute Gasteiger partial charge is 0.330 e. The molecule has 1 aromatic rings. The molecule has 0 bridgehead atoms. The van der Waals surface area contributed by atoms with Gasteiger partial charge in [0.05, 0.1) is 19.8 Å². The number of morpholine rings is 1. The second kappa shape index (κ2) is 10.4. The molecule has 0 saturated carbocycles. The van der Waals surface area contributed by atoms with Gasteiger partial charge in [-0.1, -0.05) is 0 Å². The Kier molecular flexibility index (Phi) is 7.90. The molecule has 2 N–H and O–H groups in total. The lowest BCUT2D eigenvalue weighted by Gasteiger charge is -2.26. The first-order valence-corrected chi connectivity index (χ1v) is 8.84. The Labute approximate surface area is 162 Å². The first-order valence-electron chi connectivity index (χ1n) is 8.43. The molecular weight excluding hydrogens is 370 g/mol. The Morgan fingerprint density at radius 3 is 2.48 bits per heavy atom. The fourth-order valence-corrected chi connectivity index (χ4v) is 2.51. The third-order valence-electron chi connectivity index (χ3n) is 3.58. The minimum absolute atomic E-state index is 0.0511. The van der Waals surface area contributed by atoms with Gasteiger partial charge in [0.15, 0.2) is 5.11 Å². The third kappa shape index (κ3) is 6.80. The number of thiocarbonyl (C=S) groups is 1. The van der Waals surface area contributed by atoms with Crippen molar-refractivity contribution in [3.63, 3.8) is 0 Å². The van der Waals surface area contributed by atoms with E-state index in [2.05, 4.69) is 15.4 Å². The number of hydrogen-bond acceptors (Lipinski definition) is 6. The molecule has 1 heterocycles. The van der Waals surface area contributed by atoms with E-state index in [0.29, 0.717) is 37.6 Å². The molecule has 0 atom stereocenters. The number of carbonyl (C=O) groups excluding carboxylic acids is 3. The second-order valence-corrected chi connectivity index (χ2v) is 5.92. The zero-order chi connectivity index (χ0) is 19.6. The molecule has 9 heteroatoms. The van der Waals surface area contributed by atoms with Crippen molar-refractivity contribution in [3.05, 3.63) is 42.0 Å². The third-order valence-corrected chi connectivity index (χ3v) is 3.79. The zero-order valence-corrected chi connectivity index (χ0v) is 15.7. The summed E-state index contributed by atoms with van der Waals surface area (Å²) in [7, 11) is 0. The molecule has 1 aliphatic heterocycles. The van der Waals surface area contributed by atoms with Crippen molar-refractivity contribution in [2.45, 2.75) is 6.92 Å². The average Bonchev–Trinajstić information content (AvgIpc) is 2.67. The van der Waals surface area contributed by atoms with Gasteiger partial charge in [0.25, 0.3) is 5.91 Å². The van der Waals surface area contributed by atoms with Gasteiger partial charge in [-0.05, 0) is 43.4 Å². The number of nitrogens with zero attached hydrogens (tertiary/aromatic N) is 1. The predicted molar refractivity (Wildman–Crippen MR) is 103 cm³/mol. The largest absolute Gasteiger partial charge is 0.463 e. The van der Waals surface area contributed by atoms with E-state index in [0.717, 1.165) is 12.2 Å². The van der Waals surface area contributed by atoms with Crippen LogP contribution in [0, 0.1) is 0 Å². The van der Waals surface area contributed by atoms with Gasteiger partial charge in [0.1, 0.15) is 0 Å². The van der Waals surface area contributed by atoms with Crippen molar-refractivity contribution in [2.24, 2.45) is 0 Å². The minimum Gasteiger partial charge on any atom is -0.463 e. The molecular formula is C18H21N3O5S. The molecule has 1 saturated heterocycles. The number of rotatable bonds is 5. The maximum absolute atomic E-state index is 12.4. The van der Waals surface area contributed by atoms with Crippen LogP contribution in [-0.4, -0.2) is 60.7 Å². The van der Waals surface area contributed by atoms with Crippen LogP contribution in [0.3, 0.4) is 0 Å². The van der Waals surface area contributed by atoms with E-state index in [-0.39, 0.29) is 17.6 Å². The summed E-state index contributed by atoms with van der Waals surface area (Å²) in [5.74, 6) is -1.21. The summed E-state index contributed by atoms with van der Waals surface area (Å²) in [6.45, 7) is 4.15. The monoisotopic (exact) mass is 391 g/mol. The Morgan fingerprint density at radius 1 is 1.19 bits per heavy atom. The van der Waals surface area contributed by atoms with Crippen LogP contribution in [0.5, 0.6) is 0 Å². The minimum atomic E-state index is -0.605. The lowest BCUT2D eigenvalue weighted by Crippen LogP contribution is -2.40. The van der Waals surface area contributed by atoms with Crippen LogP contribution in [0.15, 0.2) is 36.4 Å². The van der Waals surface area contributed by atoms with Gasteiger partial charge in [0, 0.05) is 36.5 Å². The molecule has 1 aromatic carbocycles. The van der Waals surface area contributed by atoms with Crippen molar-refractivity contribution >= 4 is 40.8 Å². The summed E-state index contributed by atoms with van der Waals surface area (Å²) in [6, 6.07) is 6.76. The average molecular weight is 391 g/mol. The van der Waals surface area contributed by atoms with Crippen LogP contribution in [0.4, 0.5) is 5.69 Å². The Balaban J connectivity index is 1.84. The summed E-state index contributed by atoms with van der Waals surface area (Å²) >= 11 is 5.05. The van der Waals surface area contributed by atoms with Crippen LogP contribution in [0.1, 0.15) is 17.3 Å². The van der Waals surface area contributed by atoms with Crippen molar-refractivity contribution in [3.8, 4) is 0 Å². The molecule has 1 aliphatic rings. The van der Waals surface area contributed by atoms with Crippen LogP contribution in [0.25, 0.3) is 0 Å². The quantitative estimate of drug-likeness (QED) is 0.441. The molecule has 1 fully saturated rings. The van der Waals surface area contributed by atoms with Crippen LogP contribution in [0.2, 0.25) is 0 Å². The molecule has 144 valence electrons. The highest BCUT2D eigenvalue weighted by Gasteiger charge is 2.18. The van der Waals surface area contributed by atoms with E-state index in [9.17, 15) is 14.4 Å². The van der Waals surface area contributed by atoms with E-state index in [4.69, 9.17) is 17.0 Å². The first-order chi connectivity index (χ1) is 13.0. The summed E-state index contributed by atoms with van der Waals surface area (Å²) in [4.78, 5) is 36.9. The van der Waals surface area contributed by atoms with Crippen molar-refractivity contribution in [1.29, 1.82) is 0 Å². The van der Waals surface area contributed by atoms with E-state index >= 15 is 0 Å². The van der Waals surface area contributed by atoms with E-state index in [1.54, 1.807) is 36.1 Å². The highest BCUT2D eigenvalue weighted by Crippen LogP contribution is 2.12. The summed E-state index contributed by atoms with van der Waals surface area (Å²) in [6.07, 6.45) is 2.06. The van der Waals surface area contributed by atoms with Crippen LogP contribution >= 0.6 is 12.2 Å². The van der Waals surface area contributed by atoms with Gasteiger partial charge in [-0.15, -0.1) is 0 Å². The SMILES string of the molecule is CCOC(=O)/C=C/C(=O)NC(=S)Nc1ccc(C(=O)N2CCOCC2)cc1. The van der Waals surface area contributed by atoms with Gasteiger partial charge in [-0.2, -0.15) is 0 Å². The van der Waals surface area contributed by atoms with Crippen molar-refractivity contribution in [2.75, 3.05) is 38.2 Å². The number of hydrogen-bond donors (Lipinski definition) is 2. The fourth-order valence-electron chi connectivity index (χ4n) is 2.30. The number of carbonyl (C=O) groups is 3. The van der Waals surface area contributed by atoms with Gasteiger partial charge in [-0.3, -0.25) is 14.9 Å². The van der Waals surface area contributed by atoms with E-state index < -0.39 is 11.9 Å². The normalized spacial score (nSPS) is 13.9. The number of esters is 1. The molecule has 0 spiro atoms. The lowest BCUT2D eigenvalue weighted by atomic mass is 10.1. The number of anilines is 1. The maximum Gasteiger partial charge on any atom is 0.330 e. The Hall–Kier alpha value is -2.78. The zero-order valence-electron chi connectivity index (χ0n) is 14.9. The van der Waals surface area contributed by atoms with Gasteiger partial charge in [0.2, 0.25) is 5.91 Å². The predicted octanol–water partition coefficient (Wildman–Crippen LogP) is 1.09. The molecule has 0 aliphatic carbocycles. The molecule has 2 amide bonds. The fraction of sp³-hybridized carbons (Fsp3) is 0.333. The number of benzene rings is 1. The van der Waals surface area contributed by atoms with E-state index in [1.807, 2.05) is 0 Å². The molecule has 2 rings (SSSR count). The maximum atomic E-state index is 12.4. The molecule has 27 heavy (non-hydrogen) atoms. The number of amides is 2. The topological polar surface area (TPSA) is 97.0 Å². The van der Waals surface area contributed by atoms with Crippen LogP contribution in [-0.2, 0) is 19.1 Å². The summed E-state index contributed by atoms with van der Waals surface area (Å²) < 4.78 is 9.91. The Bertz CT molecular complexity index is 727. The lowest BCUT2D eigenvalue weighted by molar-refractivity contribution is -0.137. The molecule has 0 radical (unpaired) electrons. The first kappa shape index (κ1) is 20.5. The standard InChI is InChI=1S/C18H21N3O5S/c1-2-26-16(23)8-7-15(22)20-18(27)19-14-5-3-13(4-6-14)17(24)21-9-11-25-12-10-21/h3-8H,2,9-12H2,1H3,(H2,19,20,22,27)/b8-7+. The summed E-state index contributed by atoms with van der Waals surface area (Å²) in [5.41, 5.74) is 1.18. The Morgan fingerprint density at radius 2 is 1.85 bits per heavy atom.